The molecule has 2 atom stereocenters. The number of morpholine rings is 1. The molecule has 29 heavy (non-hydrogen) atoms. The predicted octanol–water partition coefficient (Wildman–Crippen LogP) is 1.29. The highest BCUT2D eigenvalue weighted by Crippen LogP contribution is 2.36. The van der Waals surface area contributed by atoms with E-state index >= 15 is 0 Å². The van der Waals surface area contributed by atoms with Gasteiger partial charge in [0.15, 0.2) is 0 Å². The molecule has 1 aliphatic rings. The monoisotopic (exact) mass is 394 g/mol. The van der Waals surface area contributed by atoms with Gasteiger partial charge in [0.2, 0.25) is 5.95 Å². The molecule has 0 bridgehead atoms. The van der Waals surface area contributed by atoms with Crippen molar-refractivity contribution in [3.05, 3.63) is 54.0 Å². The van der Waals surface area contributed by atoms with E-state index in [1.165, 1.54) is 0 Å². The number of aromatic nitrogens is 3. The van der Waals surface area contributed by atoms with E-state index in [1.54, 1.807) is 19.5 Å². The first kappa shape index (κ1) is 19.5. The quantitative estimate of drug-likeness (QED) is 0.643. The molecule has 0 aliphatic carbocycles. The molecule has 1 aliphatic heterocycles. The van der Waals surface area contributed by atoms with Crippen molar-refractivity contribution in [3.63, 3.8) is 0 Å². The largest absolute Gasteiger partial charge is 0.494 e. The van der Waals surface area contributed by atoms with Crippen molar-refractivity contribution in [2.75, 3.05) is 44.9 Å². The Morgan fingerprint density at radius 1 is 1.14 bits per heavy atom. The van der Waals surface area contributed by atoms with Gasteiger partial charge in [-0.3, -0.25) is 4.98 Å². The summed E-state index contributed by atoms with van der Waals surface area (Å²) in [5.74, 6) is 1.06. The fourth-order valence-corrected chi connectivity index (χ4v) is 3.76. The molecule has 8 heteroatoms. The van der Waals surface area contributed by atoms with Crippen molar-refractivity contribution in [1.82, 2.24) is 15.0 Å². The fourth-order valence-electron chi connectivity index (χ4n) is 3.76. The molecule has 0 amide bonds. The molecule has 4 rings (SSSR count). The molecule has 1 fully saturated rings. The van der Waals surface area contributed by atoms with Crippen molar-refractivity contribution in [2.24, 2.45) is 11.5 Å². The lowest BCUT2D eigenvalue weighted by Gasteiger charge is -2.29. The topological polar surface area (TPSA) is 112 Å². The second kappa shape index (κ2) is 8.69. The molecule has 2 unspecified atom stereocenters. The number of benzene rings is 1. The van der Waals surface area contributed by atoms with Crippen LogP contribution in [0.3, 0.4) is 0 Å². The van der Waals surface area contributed by atoms with Crippen LogP contribution in [-0.4, -0.2) is 61.0 Å². The Balaban J connectivity index is 1.96. The summed E-state index contributed by atoms with van der Waals surface area (Å²) in [6.07, 6.45) is 3.42. The molecule has 0 spiro atoms. The number of nitrogens with two attached hydrogens (primary N) is 2. The molecule has 152 valence electrons. The Kier molecular flexibility index (Phi) is 5.84. The number of hydrogen-bond donors (Lipinski definition) is 2. The van der Waals surface area contributed by atoms with Gasteiger partial charge in [-0.2, -0.15) is 0 Å². The third-order valence-corrected chi connectivity index (χ3v) is 5.26. The highest BCUT2D eigenvalue weighted by Gasteiger charge is 2.28. The number of anilines is 1. The number of hydrogen-bond acceptors (Lipinski definition) is 8. The average Bonchev–Trinajstić information content (AvgIpc) is 2.79. The first-order valence-electron chi connectivity index (χ1n) is 9.76. The summed E-state index contributed by atoms with van der Waals surface area (Å²) in [6, 6.07) is 9.77. The second-order valence-corrected chi connectivity index (χ2v) is 7.03. The van der Waals surface area contributed by atoms with Gasteiger partial charge >= 0.3 is 0 Å². The minimum absolute atomic E-state index is 0.206. The van der Waals surface area contributed by atoms with Crippen molar-refractivity contribution >= 4 is 16.9 Å². The summed E-state index contributed by atoms with van der Waals surface area (Å²) in [4.78, 5) is 16.2. The Hall–Kier alpha value is -2.81. The normalized spacial score (nSPS) is 16.6. The zero-order valence-corrected chi connectivity index (χ0v) is 16.5. The molecule has 0 saturated carbocycles. The van der Waals surface area contributed by atoms with Crippen molar-refractivity contribution in [3.8, 4) is 5.75 Å². The van der Waals surface area contributed by atoms with Gasteiger partial charge in [-0.15, -0.1) is 0 Å². The summed E-state index contributed by atoms with van der Waals surface area (Å²) < 4.78 is 11.1. The minimum atomic E-state index is -0.314. The van der Waals surface area contributed by atoms with Crippen LogP contribution >= 0.6 is 0 Å². The predicted molar refractivity (Wildman–Crippen MR) is 112 cm³/mol. The number of rotatable bonds is 6. The molecule has 4 N–H and O–H groups in total. The second-order valence-electron chi connectivity index (χ2n) is 7.03. The lowest BCUT2D eigenvalue weighted by atomic mass is 9.87. The highest BCUT2D eigenvalue weighted by molar-refractivity contribution is 5.88. The van der Waals surface area contributed by atoms with E-state index in [0.29, 0.717) is 31.5 Å². The van der Waals surface area contributed by atoms with Crippen LogP contribution in [0, 0.1) is 0 Å². The van der Waals surface area contributed by atoms with Crippen LogP contribution in [0.4, 0.5) is 5.95 Å². The Morgan fingerprint density at radius 3 is 2.59 bits per heavy atom. The number of nitrogens with zero attached hydrogens (tertiary/aromatic N) is 4. The molecule has 0 radical (unpaired) electrons. The molecule has 8 nitrogen and oxygen atoms in total. The Labute approximate surface area is 169 Å². The van der Waals surface area contributed by atoms with Gasteiger partial charge in [-0.05, 0) is 5.56 Å². The van der Waals surface area contributed by atoms with Crippen molar-refractivity contribution in [2.45, 2.75) is 12.0 Å². The van der Waals surface area contributed by atoms with Gasteiger partial charge in [0.25, 0.3) is 0 Å². The van der Waals surface area contributed by atoms with E-state index in [2.05, 4.69) is 22.0 Å². The van der Waals surface area contributed by atoms with Crippen LogP contribution in [-0.2, 0) is 4.74 Å². The van der Waals surface area contributed by atoms with Gasteiger partial charge in [0.1, 0.15) is 5.75 Å². The van der Waals surface area contributed by atoms with Gasteiger partial charge in [-0.25, -0.2) is 9.97 Å². The smallest absolute Gasteiger partial charge is 0.226 e. The number of fused-ring (bicyclic) bond motifs is 1. The van der Waals surface area contributed by atoms with Crippen molar-refractivity contribution < 1.29 is 9.47 Å². The summed E-state index contributed by atoms with van der Waals surface area (Å²) >= 11 is 0. The Morgan fingerprint density at radius 2 is 1.90 bits per heavy atom. The fraction of sp³-hybridized carbons (Fsp3) is 0.381. The highest BCUT2D eigenvalue weighted by atomic mass is 16.5. The third-order valence-electron chi connectivity index (χ3n) is 5.26. The van der Waals surface area contributed by atoms with Crippen LogP contribution in [0.15, 0.2) is 42.7 Å². The molecule has 1 aromatic carbocycles. The summed E-state index contributed by atoms with van der Waals surface area (Å²) in [5.41, 5.74) is 15.1. The third kappa shape index (κ3) is 3.87. The lowest BCUT2D eigenvalue weighted by Crippen LogP contribution is -2.39. The maximum Gasteiger partial charge on any atom is 0.226 e. The van der Waals surface area contributed by atoms with Crippen molar-refractivity contribution in [1.29, 1.82) is 0 Å². The Bertz CT molecular complexity index is 962. The maximum atomic E-state index is 6.52. The number of ether oxygens (including phenoxy) is 2. The van der Waals surface area contributed by atoms with Crippen LogP contribution in [0.25, 0.3) is 10.9 Å². The molecule has 2 aromatic heterocycles. The molecule has 3 aromatic rings. The van der Waals surface area contributed by atoms with Crippen LogP contribution < -0.4 is 21.1 Å². The maximum absolute atomic E-state index is 6.52. The van der Waals surface area contributed by atoms with Gasteiger partial charge in [0.05, 0.1) is 49.3 Å². The van der Waals surface area contributed by atoms with Gasteiger partial charge in [0, 0.05) is 31.6 Å². The standard InChI is InChI=1S/C21H26N6O2/c1-28-17-13-24-12-16-19(17)20(26-21(25-16)27-7-9-29-10-8-27)18(15(23)11-22)14-5-3-2-4-6-14/h2-6,12-13,15,18H,7-11,22-23H2,1H3. The summed E-state index contributed by atoms with van der Waals surface area (Å²) in [7, 11) is 1.62. The van der Waals surface area contributed by atoms with E-state index in [4.69, 9.17) is 30.9 Å². The minimum Gasteiger partial charge on any atom is -0.494 e. The first-order valence-corrected chi connectivity index (χ1v) is 9.76. The first-order chi connectivity index (χ1) is 14.2. The van der Waals surface area contributed by atoms with Crippen LogP contribution in [0.1, 0.15) is 17.2 Å². The van der Waals surface area contributed by atoms with E-state index in [1.807, 2.05) is 18.2 Å². The van der Waals surface area contributed by atoms with Gasteiger partial charge < -0.3 is 25.8 Å². The summed E-state index contributed by atoms with van der Waals surface area (Å²) in [6.45, 7) is 3.10. The zero-order chi connectivity index (χ0) is 20.2. The average molecular weight is 394 g/mol. The molecule has 3 heterocycles. The molecule has 1 saturated heterocycles. The van der Waals surface area contributed by atoms with E-state index in [9.17, 15) is 0 Å². The lowest BCUT2D eigenvalue weighted by molar-refractivity contribution is 0.122. The van der Waals surface area contributed by atoms with E-state index in [-0.39, 0.29) is 12.0 Å². The number of methoxy groups -OCH3 is 1. The van der Waals surface area contributed by atoms with Gasteiger partial charge in [-0.1, -0.05) is 30.3 Å². The zero-order valence-electron chi connectivity index (χ0n) is 16.5. The molecular formula is C21H26N6O2. The van der Waals surface area contributed by atoms with Crippen LogP contribution in [0.5, 0.6) is 5.75 Å². The molecular weight excluding hydrogens is 368 g/mol. The number of pyridine rings is 1. The SMILES string of the molecule is COc1cncc2nc(N3CCOCC3)nc(C(c3ccccc3)C(N)CN)c12. The van der Waals surface area contributed by atoms with Crippen LogP contribution in [0.2, 0.25) is 0 Å². The van der Waals surface area contributed by atoms with E-state index < -0.39 is 0 Å². The summed E-state index contributed by atoms with van der Waals surface area (Å²) in [5, 5.41) is 0.817. The van der Waals surface area contributed by atoms with E-state index in [0.717, 1.165) is 35.2 Å².